The first-order valence-corrected chi connectivity index (χ1v) is 11.3. The van der Waals surface area contributed by atoms with Crippen molar-refractivity contribution in [2.24, 2.45) is 5.41 Å². The lowest BCUT2D eigenvalue weighted by atomic mass is 9.91. The Bertz CT molecular complexity index is 887. The normalized spacial score (nSPS) is 16.2. The maximum atomic E-state index is 14.1. The lowest BCUT2D eigenvalue weighted by Crippen LogP contribution is -2.50. The number of halogens is 3. The van der Waals surface area contributed by atoms with E-state index in [2.05, 4.69) is 25.7 Å². The van der Waals surface area contributed by atoms with Crippen molar-refractivity contribution in [1.29, 1.82) is 0 Å². The zero-order chi connectivity index (χ0) is 23.3. The van der Waals surface area contributed by atoms with Gasteiger partial charge in [-0.25, -0.2) is 8.78 Å². The Morgan fingerprint density at radius 2 is 1.62 bits per heavy atom. The van der Waals surface area contributed by atoms with E-state index in [1.54, 1.807) is 12.1 Å². The van der Waals surface area contributed by atoms with E-state index in [1.807, 2.05) is 17.0 Å². The van der Waals surface area contributed by atoms with Gasteiger partial charge in [0.2, 0.25) is 5.91 Å². The molecule has 0 radical (unpaired) electrons. The minimum Gasteiger partial charge on any atom is -0.367 e. The molecule has 0 spiro atoms. The van der Waals surface area contributed by atoms with Crippen molar-refractivity contribution in [1.82, 2.24) is 9.80 Å². The van der Waals surface area contributed by atoms with Crippen LogP contribution in [0.5, 0.6) is 0 Å². The maximum absolute atomic E-state index is 14.1. The number of benzene rings is 2. The summed E-state index contributed by atoms with van der Waals surface area (Å²) in [6, 6.07) is 11.1. The van der Waals surface area contributed by atoms with E-state index < -0.39 is 11.6 Å². The first-order chi connectivity index (χ1) is 15.1. The van der Waals surface area contributed by atoms with Gasteiger partial charge in [-0.05, 0) is 35.2 Å². The van der Waals surface area contributed by atoms with Crippen LogP contribution in [-0.2, 0) is 16.1 Å². The van der Waals surface area contributed by atoms with Crippen LogP contribution < -0.4 is 0 Å². The molecular formula is C25H31ClF2N2O2. The highest BCUT2D eigenvalue weighted by Gasteiger charge is 2.27. The Morgan fingerprint density at radius 3 is 2.19 bits per heavy atom. The van der Waals surface area contributed by atoms with Crippen molar-refractivity contribution < 1.29 is 18.3 Å². The number of carbonyl (C=O) groups is 1. The predicted molar refractivity (Wildman–Crippen MR) is 122 cm³/mol. The molecule has 2 aromatic rings. The Labute approximate surface area is 194 Å². The van der Waals surface area contributed by atoms with Crippen LogP contribution in [0.1, 0.15) is 44.4 Å². The molecule has 1 amide bonds. The molecule has 0 bridgehead atoms. The third-order valence-electron chi connectivity index (χ3n) is 5.56. The topological polar surface area (TPSA) is 32.8 Å². The summed E-state index contributed by atoms with van der Waals surface area (Å²) in [5.41, 5.74) is 0.769. The molecule has 2 aromatic carbocycles. The molecule has 0 saturated carbocycles. The van der Waals surface area contributed by atoms with Crippen LogP contribution in [0.25, 0.3) is 0 Å². The van der Waals surface area contributed by atoms with Crippen LogP contribution in [0.15, 0.2) is 42.5 Å². The number of carbonyl (C=O) groups excluding carboxylic acids is 1. The molecule has 4 nitrogen and oxygen atoms in total. The van der Waals surface area contributed by atoms with Gasteiger partial charge in [-0.2, -0.15) is 0 Å². The largest absolute Gasteiger partial charge is 0.367 e. The average molecular weight is 465 g/mol. The molecule has 7 heteroatoms. The van der Waals surface area contributed by atoms with E-state index in [0.29, 0.717) is 31.1 Å². The number of piperazine rings is 1. The molecule has 174 valence electrons. The van der Waals surface area contributed by atoms with Crippen LogP contribution in [0.4, 0.5) is 8.78 Å². The summed E-state index contributed by atoms with van der Waals surface area (Å²) < 4.78 is 34.1. The van der Waals surface area contributed by atoms with E-state index in [0.717, 1.165) is 18.7 Å². The van der Waals surface area contributed by atoms with Gasteiger partial charge in [0.25, 0.3) is 0 Å². The highest BCUT2D eigenvalue weighted by molar-refractivity contribution is 6.30. The Morgan fingerprint density at radius 1 is 1.03 bits per heavy atom. The molecule has 0 aliphatic carbocycles. The smallest absolute Gasteiger partial charge is 0.223 e. The standard InChI is InChI=1S/C25H31ClF2N2O2/c1-25(2,3)15-24(31)30-13-11-29(12-14-30)16-23(18-7-9-19(26)10-8-18)32-17-20-21(27)5-4-6-22(20)28/h4-10,23H,11-17H2,1-3H3. The van der Waals surface area contributed by atoms with E-state index in [9.17, 15) is 13.6 Å². The molecular weight excluding hydrogens is 434 g/mol. The van der Waals surface area contributed by atoms with Gasteiger partial charge >= 0.3 is 0 Å². The second kappa shape index (κ2) is 10.7. The van der Waals surface area contributed by atoms with Gasteiger partial charge in [-0.3, -0.25) is 9.69 Å². The van der Waals surface area contributed by atoms with Gasteiger partial charge in [0.1, 0.15) is 11.6 Å². The summed E-state index contributed by atoms with van der Waals surface area (Å²) in [6.07, 6.45) is 0.139. The minimum absolute atomic E-state index is 0.0380. The predicted octanol–water partition coefficient (Wildman–Crippen LogP) is 5.46. The van der Waals surface area contributed by atoms with Crippen molar-refractivity contribution in [2.75, 3.05) is 32.7 Å². The van der Waals surface area contributed by atoms with Crippen molar-refractivity contribution >= 4 is 17.5 Å². The first-order valence-electron chi connectivity index (χ1n) is 10.9. The summed E-state index contributed by atoms with van der Waals surface area (Å²) in [6.45, 7) is 9.33. The van der Waals surface area contributed by atoms with E-state index in [1.165, 1.54) is 18.2 Å². The lowest BCUT2D eigenvalue weighted by Gasteiger charge is -2.37. The van der Waals surface area contributed by atoms with E-state index in [-0.39, 0.29) is 29.6 Å². The maximum Gasteiger partial charge on any atom is 0.223 e. The quantitative estimate of drug-likeness (QED) is 0.545. The fraction of sp³-hybridized carbons (Fsp3) is 0.480. The second-order valence-corrected chi connectivity index (χ2v) is 9.91. The van der Waals surface area contributed by atoms with Crippen molar-refractivity contribution in [2.45, 2.75) is 39.9 Å². The Balaban J connectivity index is 1.65. The molecule has 1 atom stereocenters. The molecule has 32 heavy (non-hydrogen) atoms. The first kappa shape index (κ1) is 24.6. The highest BCUT2D eigenvalue weighted by atomic mass is 35.5. The fourth-order valence-electron chi connectivity index (χ4n) is 3.77. The van der Waals surface area contributed by atoms with Crippen LogP contribution >= 0.6 is 11.6 Å². The number of rotatable bonds is 7. The van der Waals surface area contributed by atoms with Gasteiger partial charge in [0.05, 0.1) is 12.7 Å². The molecule has 1 unspecified atom stereocenters. The molecule has 3 rings (SSSR count). The third-order valence-corrected chi connectivity index (χ3v) is 5.81. The minimum atomic E-state index is -0.620. The Hall–Kier alpha value is -2.02. The van der Waals surface area contributed by atoms with Gasteiger partial charge in [0, 0.05) is 49.7 Å². The Kier molecular flexibility index (Phi) is 8.26. The zero-order valence-corrected chi connectivity index (χ0v) is 19.7. The SMILES string of the molecule is CC(C)(C)CC(=O)N1CCN(CC(OCc2c(F)cccc2F)c2ccc(Cl)cc2)CC1. The van der Waals surface area contributed by atoms with Gasteiger partial charge < -0.3 is 9.64 Å². The molecule has 1 saturated heterocycles. The van der Waals surface area contributed by atoms with Crippen LogP contribution in [0, 0.1) is 17.0 Å². The van der Waals surface area contributed by atoms with Gasteiger partial charge in [-0.15, -0.1) is 0 Å². The van der Waals surface area contributed by atoms with Gasteiger partial charge in [-0.1, -0.05) is 50.6 Å². The number of hydrogen-bond donors (Lipinski definition) is 0. The molecule has 0 aromatic heterocycles. The number of hydrogen-bond acceptors (Lipinski definition) is 3. The molecule has 1 aliphatic rings. The lowest BCUT2D eigenvalue weighted by molar-refractivity contribution is -0.135. The number of ether oxygens (including phenoxy) is 1. The molecule has 1 heterocycles. The van der Waals surface area contributed by atoms with Crippen molar-refractivity contribution in [3.8, 4) is 0 Å². The van der Waals surface area contributed by atoms with Crippen LogP contribution in [0.2, 0.25) is 5.02 Å². The second-order valence-electron chi connectivity index (χ2n) is 9.47. The van der Waals surface area contributed by atoms with Crippen LogP contribution in [-0.4, -0.2) is 48.4 Å². The fourth-order valence-corrected chi connectivity index (χ4v) is 3.89. The summed E-state index contributed by atoms with van der Waals surface area (Å²) >= 11 is 6.03. The zero-order valence-electron chi connectivity index (χ0n) is 18.9. The highest BCUT2D eigenvalue weighted by Crippen LogP contribution is 2.25. The summed E-state index contributed by atoms with van der Waals surface area (Å²) in [5.74, 6) is -1.06. The van der Waals surface area contributed by atoms with Crippen LogP contribution in [0.3, 0.4) is 0 Å². The summed E-state index contributed by atoms with van der Waals surface area (Å²) in [5, 5.41) is 0.610. The van der Waals surface area contributed by atoms with E-state index >= 15 is 0 Å². The third kappa shape index (κ3) is 6.99. The molecule has 0 N–H and O–H groups in total. The molecule has 1 fully saturated rings. The average Bonchev–Trinajstić information content (AvgIpc) is 2.72. The molecule has 1 aliphatic heterocycles. The number of amides is 1. The van der Waals surface area contributed by atoms with Crippen molar-refractivity contribution in [3.63, 3.8) is 0 Å². The summed E-state index contributed by atoms with van der Waals surface area (Å²) in [7, 11) is 0. The monoisotopic (exact) mass is 464 g/mol. The van der Waals surface area contributed by atoms with Crippen molar-refractivity contribution in [3.05, 3.63) is 70.2 Å². The number of nitrogens with zero attached hydrogens (tertiary/aromatic N) is 2. The summed E-state index contributed by atoms with van der Waals surface area (Å²) in [4.78, 5) is 16.6. The van der Waals surface area contributed by atoms with Gasteiger partial charge in [0.15, 0.2) is 0 Å². The van der Waals surface area contributed by atoms with E-state index in [4.69, 9.17) is 16.3 Å².